The number of thiophene rings is 1. The van der Waals surface area contributed by atoms with Gasteiger partial charge in [-0.05, 0) is 17.1 Å². The molecule has 1 rings (SSSR count). The molecule has 0 N–H and O–H groups in total. The maximum absolute atomic E-state index is 10.2. The van der Waals surface area contributed by atoms with Gasteiger partial charge in [0.2, 0.25) is 0 Å². The van der Waals surface area contributed by atoms with Crippen molar-refractivity contribution < 1.29 is 77.8 Å². The number of carboxylic acid groups (broad SMARTS) is 1. The second kappa shape index (κ2) is 7.56. The molecule has 0 saturated carbocycles. The minimum absolute atomic E-state index is 0. The maximum atomic E-state index is 10.2. The number of rotatable bonds is 2. The van der Waals surface area contributed by atoms with Crippen LogP contribution in [0.15, 0.2) is 15.7 Å². The topological polar surface area (TPSA) is 80.3 Å². The third-order valence-electron chi connectivity index (χ3n) is 0.975. The summed E-state index contributed by atoms with van der Waals surface area (Å²) in [5, 5.41) is 11.4. The van der Waals surface area contributed by atoms with Crippen molar-refractivity contribution in [3.8, 4) is 0 Å². The van der Waals surface area contributed by atoms with Crippen LogP contribution < -0.4 is 64.2 Å². The van der Waals surface area contributed by atoms with E-state index >= 15 is 0 Å². The second-order valence-corrected chi connectivity index (χ2v) is 3.76. The zero-order valence-electron chi connectivity index (χ0n) is 7.10. The van der Waals surface area contributed by atoms with Crippen molar-refractivity contribution in [3.05, 3.63) is 17.0 Å². The van der Waals surface area contributed by atoms with E-state index in [9.17, 15) is 18.7 Å². The number of hydrogen-bond acceptors (Lipinski definition) is 5. The normalized spacial score (nSPS) is 10.8. The molecule has 60 valence electrons. The van der Waals surface area contributed by atoms with Gasteiger partial charge >= 0.3 is 59.1 Å². The van der Waals surface area contributed by atoms with E-state index in [1.54, 1.807) is 0 Å². The van der Waals surface area contributed by atoms with Crippen molar-refractivity contribution in [3.63, 3.8) is 0 Å². The predicted molar refractivity (Wildman–Crippen MR) is 35.8 cm³/mol. The summed E-state index contributed by atoms with van der Waals surface area (Å²) < 4.78 is 20.5. The van der Waals surface area contributed by atoms with Crippen molar-refractivity contribution in [2.24, 2.45) is 0 Å². The Balaban J connectivity index is 0. The Bertz CT molecular complexity index is 283. The monoisotopic (exact) mass is 236 g/mol. The maximum Gasteiger partial charge on any atom is 1.00 e. The minimum atomic E-state index is -2.35. The van der Waals surface area contributed by atoms with Gasteiger partial charge in [0.15, 0.2) is 0 Å². The summed E-state index contributed by atoms with van der Waals surface area (Å²) in [6.45, 7) is 0. The summed E-state index contributed by atoms with van der Waals surface area (Å²) >= 11 is -1.49. The fraction of sp³-hybridized carbons (Fsp3) is 0. The molecule has 0 aromatic carbocycles. The van der Waals surface area contributed by atoms with Gasteiger partial charge in [-0.1, -0.05) is 0 Å². The van der Waals surface area contributed by atoms with E-state index in [-0.39, 0.29) is 68.9 Å². The molecular formula is C5H2Na2O4S2. The zero-order valence-corrected chi connectivity index (χ0v) is 12.7. The summed E-state index contributed by atoms with van der Waals surface area (Å²) in [7, 11) is 0. The van der Waals surface area contributed by atoms with Gasteiger partial charge in [0.05, 0.1) is 10.2 Å². The molecular weight excluding hydrogens is 234 g/mol. The first kappa shape index (κ1) is 16.7. The smallest absolute Gasteiger partial charge is 0.768 e. The number of carbonyl (C=O) groups excluding carboxylic acids is 1. The van der Waals surface area contributed by atoms with Crippen LogP contribution >= 0.6 is 11.3 Å². The molecule has 0 bridgehead atoms. The number of hydrogen-bond donors (Lipinski definition) is 0. The van der Waals surface area contributed by atoms with Crippen LogP contribution in [-0.2, 0) is 11.1 Å². The molecule has 1 atom stereocenters. The first-order chi connectivity index (χ1) is 5.11. The fourth-order valence-electron chi connectivity index (χ4n) is 0.511. The first-order valence-corrected chi connectivity index (χ1v) is 4.46. The van der Waals surface area contributed by atoms with Crippen molar-refractivity contribution in [1.29, 1.82) is 0 Å². The molecule has 0 spiro atoms. The molecule has 8 heteroatoms. The van der Waals surface area contributed by atoms with E-state index < -0.39 is 17.0 Å². The second-order valence-electron chi connectivity index (χ2n) is 1.68. The largest absolute Gasteiger partial charge is 1.00 e. The summed E-state index contributed by atoms with van der Waals surface area (Å²) in [5.74, 6) is -1.36. The SMILES string of the molecule is O=C([O-])c1csc(S(=O)[O-])c1.[Na+].[Na+]. The molecule has 0 aliphatic rings. The standard InChI is InChI=1S/C5H4O4S2.2Na/c6-5(7)3-1-4(10-2-3)11(8)9;;/h1-2H,(H,6,7)(H,8,9);;/q;2*+1/p-2. The molecule has 1 heterocycles. The molecule has 0 radical (unpaired) electrons. The Morgan fingerprint density at radius 3 is 2.23 bits per heavy atom. The van der Waals surface area contributed by atoms with E-state index in [1.807, 2.05) is 0 Å². The quantitative estimate of drug-likeness (QED) is 0.377. The Morgan fingerprint density at radius 2 is 2.00 bits per heavy atom. The predicted octanol–water partition coefficient (Wildman–Crippen LogP) is -6.64. The van der Waals surface area contributed by atoms with E-state index in [0.717, 1.165) is 17.4 Å². The van der Waals surface area contributed by atoms with Crippen molar-refractivity contribution in [2.45, 2.75) is 4.21 Å². The fourth-order valence-corrected chi connectivity index (χ4v) is 1.80. The van der Waals surface area contributed by atoms with Gasteiger partial charge in [-0.3, -0.25) is 4.21 Å². The molecule has 4 nitrogen and oxygen atoms in total. The Hall–Kier alpha value is 1.28. The zero-order chi connectivity index (χ0) is 8.43. The third kappa shape index (κ3) is 5.06. The van der Waals surface area contributed by atoms with Crippen molar-refractivity contribution >= 4 is 28.4 Å². The van der Waals surface area contributed by atoms with Gasteiger partial charge in [0.25, 0.3) is 0 Å². The number of carboxylic acids is 1. The van der Waals surface area contributed by atoms with Gasteiger partial charge < -0.3 is 14.5 Å². The van der Waals surface area contributed by atoms with E-state index in [0.29, 0.717) is 0 Å². The molecule has 0 aliphatic heterocycles. The first-order valence-electron chi connectivity index (χ1n) is 2.50. The summed E-state index contributed by atoms with van der Waals surface area (Å²) in [4.78, 5) is 10.1. The summed E-state index contributed by atoms with van der Waals surface area (Å²) in [6.07, 6.45) is 0. The van der Waals surface area contributed by atoms with Crippen LogP contribution in [0.1, 0.15) is 10.4 Å². The van der Waals surface area contributed by atoms with Crippen LogP contribution in [0.4, 0.5) is 0 Å². The molecule has 1 aromatic rings. The average Bonchev–Trinajstić information content (AvgIpc) is 2.33. The molecule has 1 aromatic heterocycles. The molecule has 0 amide bonds. The molecule has 0 fully saturated rings. The van der Waals surface area contributed by atoms with E-state index in [4.69, 9.17) is 0 Å². The number of aromatic carboxylic acids is 1. The van der Waals surface area contributed by atoms with Crippen LogP contribution in [0.25, 0.3) is 0 Å². The van der Waals surface area contributed by atoms with Gasteiger partial charge in [0.1, 0.15) is 0 Å². The Morgan fingerprint density at radius 1 is 1.46 bits per heavy atom. The van der Waals surface area contributed by atoms with Crippen LogP contribution in [0, 0.1) is 0 Å². The van der Waals surface area contributed by atoms with E-state index in [2.05, 4.69) is 0 Å². The van der Waals surface area contributed by atoms with Gasteiger partial charge in [-0.2, -0.15) is 0 Å². The molecule has 1 unspecified atom stereocenters. The van der Waals surface area contributed by atoms with Gasteiger partial charge in [0, 0.05) is 10.9 Å². The molecule has 0 aliphatic carbocycles. The summed E-state index contributed by atoms with van der Waals surface area (Å²) in [5.41, 5.74) is -0.103. The Labute approximate surface area is 126 Å². The molecule has 13 heavy (non-hydrogen) atoms. The van der Waals surface area contributed by atoms with Gasteiger partial charge in [-0.15, -0.1) is 11.3 Å². The average molecular weight is 236 g/mol. The minimum Gasteiger partial charge on any atom is -0.768 e. The Kier molecular flexibility index (Phi) is 9.71. The van der Waals surface area contributed by atoms with Crippen LogP contribution in [0.3, 0.4) is 0 Å². The summed E-state index contributed by atoms with van der Waals surface area (Å²) in [6, 6.07) is 1.06. The third-order valence-corrected chi connectivity index (χ3v) is 2.84. The van der Waals surface area contributed by atoms with Crippen molar-refractivity contribution in [2.75, 3.05) is 0 Å². The van der Waals surface area contributed by atoms with Crippen molar-refractivity contribution in [1.82, 2.24) is 0 Å². The van der Waals surface area contributed by atoms with Gasteiger partial charge in [-0.25, -0.2) is 0 Å². The van der Waals surface area contributed by atoms with E-state index in [1.165, 1.54) is 5.38 Å². The van der Waals surface area contributed by atoms with Crippen LogP contribution in [-0.4, -0.2) is 14.7 Å². The molecule has 0 saturated heterocycles. The number of carbonyl (C=O) groups is 1. The van der Waals surface area contributed by atoms with Crippen LogP contribution in [0.2, 0.25) is 0 Å². The van der Waals surface area contributed by atoms with Crippen LogP contribution in [0.5, 0.6) is 0 Å².